The average Bonchev–Trinajstić information content (AvgIpc) is 2.68. The maximum Gasteiger partial charge on any atom is 0.264 e. The maximum absolute atomic E-state index is 12.5. The van der Waals surface area contributed by atoms with Crippen molar-refractivity contribution in [3.63, 3.8) is 0 Å². The molecule has 0 saturated heterocycles. The first-order valence-corrected chi connectivity index (χ1v) is 10.4. The molecular weight excluding hydrogens is 437 g/mol. The summed E-state index contributed by atoms with van der Waals surface area (Å²) in [4.78, 5) is 15.9. The fraction of sp³-hybridized carbons (Fsp3) is 0.0526. The number of nitrogens with zero attached hydrogens (tertiary/aromatic N) is 1. The van der Waals surface area contributed by atoms with Crippen molar-refractivity contribution in [3.8, 4) is 5.75 Å². The van der Waals surface area contributed by atoms with Gasteiger partial charge in [0.2, 0.25) is 0 Å². The number of aromatic nitrogens is 1. The lowest BCUT2D eigenvalue weighted by atomic mass is 10.2. The first kappa shape index (κ1) is 20.9. The number of para-hydroxylation sites is 2. The lowest BCUT2D eigenvalue weighted by Crippen LogP contribution is -2.15. The summed E-state index contributed by atoms with van der Waals surface area (Å²) in [6, 6.07) is 15.5. The Morgan fingerprint density at radius 2 is 1.69 bits per heavy atom. The van der Waals surface area contributed by atoms with Crippen LogP contribution in [0.1, 0.15) is 10.4 Å². The van der Waals surface area contributed by atoms with E-state index in [1.54, 1.807) is 24.3 Å². The van der Waals surface area contributed by atoms with Gasteiger partial charge < -0.3 is 10.1 Å². The topological polar surface area (TPSA) is 97.4 Å². The van der Waals surface area contributed by atoms with Crippen LogP contribution in [0, 0.1) is 0 Å². The number of methoxy groups -OCH3 is 1. The molecule has 7 nitrogen and oxygen atoms in total. The van der Waals surface area contributed by atoms with Gasteiger partial charge in [0.15, 0.2) is 5.15 Å². The van der Waals surface area contributed by atoms with E-state index in [1.807, 2.05) is 0 Å². The summed E-state index contributed by atoms with van der Waals surface area (Å²) in [6.45, 7) is 0. The van der Waals surface area contributed by atoms with E-state index in [0.717, 1.165) is 0 Å². The largest absolute Gasteiger partial charge is 0.495 e. The highest BCUT2D eigenvalue weighted by atomic mass is 35.5. The van der Waals surface area contributed by atoms with Crippen LogP contribution >= 0.6 is 23.2 Å². The number of carbonyl (C=O) groups excluding carboxylic acids is 1. The van der Waals surface area contributed by atoms with Crippen molar-refractivity contribution in [3.05, 3.63) is 76.5 Å². The molecule has 0 unspecified atom stereocenters. The first-order chi connectivity index (χ1) is 13.8. The highest BCUT2D eigenvalue weighted by Crippen LogP contribution is 2.25. The van der Waals surface area contributed by atoms with E-state index in [2.05, 4.69) is 15.0 Å². The second-order valence-corrected chi connectivity index (χ2v) is 8.16. The molecule has 0 atom stereocenters. The van der Waals surface area contributed by atoms with Crippen LogP contribution in [0.3, 0.4) is 0 Å². The van der Waals surface area contributed by atoms with E-state index in [4.69, 9.17) is 27.9 Å². The molecular formula is C19H15Cl2N3O4S. The minimum atomic E-state index is -3.97. The molecule has 10 heteroatoms. The minimum absolute atomic E-state index is 0.0827. The Bertz CT molecular complexity index is 1150. The van der Waals surface area contributed by atoms with E-state index in [0.29, 0.717) is 17.0 Å². The third-order valence-corrected chi connectivity index (χ3v) is 5.85. The molecule has 3 rings (SSSR count). The van der Waals surface area contributed by atoms with Crippen LogP contribution < -0.4 is 14.8 Å². The van der Waals surface area contributed by atoms with Crippen molar-refractivity contribution in [1.82, 2.24) is 4.98 Å². The normalized spacial score (nSPS) is 11.0. The molecule has 0 aliphatic heterocycles. The van der Waals surface area contributed by atoms with Gasteiger partial charge in [-0.25, -0.2) is 13.4 Å². The van der Waals surface area contributed by atoms with Crippen LogP contribution in [0.2, 0.25) is 10.3 Å². The van der Waals surface area contributed by atoms with Gasteiger partial charge in [-0.05, 0) is 48.5 Å². The number of halogens is 2. The molecule has 1 amide bonds. The molecule has 0 fully saturated rings. The Labute approximate surface area is 177 Å². The van der Waals surface area contributed by atoms with Gasteiger partial charge >= 0.3 is 0 Å². The van der Waals surface area contributed by atoms with Crippen LogP contribution in [-0.4, -0.2) is 26.4 Å². The Kier molecular flexibility index (Phi) is 6.26. The Morgan fingerprint density at radius 3 is 2.34 bits per heavy atom. The fourth-order valence-electron chi connectivity index (χ4n) is 2.44. The number of rotatable bonds is 6. The van der Waals surface area contributed by atoms with E-state index in [9.17, 15) is 13.2 Å². The zero-order valence-corrected chi connectivity index (χ0v) is 17.3. The molecule has 1 aromatic heterocycles. The van der Waals surface area contributed by atoms with E-state index in [-0.39, 0.29) is 26.8 Å². The van der Waals surface area contributed by atoms with Gasteiger partial charge in [-0.3, -0.25) is 9.52 Å². The highest BCUT2D eigenvalue weighted by molar-refractivity contribution is 7.92. The number of carbonyl (C=O) groups is 1. The van der Waals surface area contributed by atoms with Crippen LogP contribution in [0.15, 0.2) is 65.6 Å². The van der Waals surface area contributed by atoms with Crippen LogP contribution in [0.4, 0.5) is 11.4 Å². The third-order valence-electron chi connectivity index (χ3n) is 3.82. The quantitative estimate of drug-likeness (QED) is 0.539. The Hall–Kier alpha value is -2.81. The molecule has 0 saturated carbocycles. The summed E-state index contributed by atoms with van der Waals surface area (Å²) in [5, 5.41) is 2.59. The SMILES string of the molecule is COc1ccccc1NC(=O)c1ccc(NS(=O)(=O)c2ccc(Cl)nc2Cl)cc1. The zero-order chi connectivity index (χ0) is 21.0. The number of anilines is 2. The number of hydrogen-bond donors (Lipinski definition) is 2. The van der Waals surface area contributed by atoms with Gasteiger partial charge in [-0.15, -0.1) is 0 Å². The standard InChI is InChI=1S/C19H15Cl2N3O4S/c1-28-15-5-3-2-4-14(15)22-19(25)12-6-8-13(9-7-12)24-29(26,27)16-10-11-17(20)23-18(16)21/h2-11,24H,1H3,(H,22,25). The predicted molar refractivity (Wildman–Crippen MR) is 112 cm³/mol. The van der Waals surface area contributed by atoms with Gasteiger partial charge in [-0.1, -0.05) is 35.3 Å². The molecule has 29 heavy (non-hydrogen) atoms. The summed E-state index contributed by atoms with van der Waals surface area (Å²) in [7, 11) is -2.46. The number of nitrogens with one attached hydrogen (secondary N) is 2. The second kappa shape index (κ2) is 8.69. The highest BCUT2D eigenvalue weighted by Gasteiger charge is 2.19. The smallest absolute Gasteiger partial charge is 0.264 e. The van der Waals surface area contributed by atoms with Crippen molar-refractivity contribution in [2.24, 2.45) is 0 Å². The maximum atomic E-state index is 12.5. The summed E-state index contributed by atoms with van der Waals surface area (Å²) in [6.07, 6.45) is 0. The first-order valence-electron chi connectivity index (χ1n) is 8.19. The van der Waals surface area contributed by atoms with E-state index >= 15 is 0 Å². The van der Waals surface area contributed by atoms with Crippen LogP contribution in [-0.2, 0) is 10.0 Å². The molecule has 150 valence electrons. The molecule has 1 heterocycles. The summed E-state index contributed by atoms with van der Waals surface area (Å²) in [5.41, 5.74) is 1.12. The van der Waals surface area contributed by atoms with Gasteiger partial charge in [0, 0.05) is 11.3 Å². The summed E-state index contributed by atoms with van der Waals surface area (Å²) >= 11 is 11.6. The van der Waals surface area contributed by atoms with Gasteiger partial charge in [0.25, 0.3) is 15.9 Å². The van der Waals surface area contributed by atoms with Crippen LogP contribution in [0.25, 0.3) is 0 Å². The fourth-order valence-corrected chi connectivity index (χ4v) is 4.16. The third kappa shape index (κ3) is 4.97. The van der Waals surface area contributed by atoms with Crippen molar-refractivity contribution in [1.29, 1.82) is 0 Å². The van der Waals surface area contributed by atoms with Crippen LogP contribution in [0.5, 0.6) is 5.75 Å². The van der Waals surface area contributed by atoms with Gasteiger partial charge in [0.1, 0.15) is 15.8 Å². The predicted octanol–water partition coefficient (Wildman–Crippen LogP) is 4.45. The van der Waals surface area contributed by atoms with Gasteiger partial charge in [0.05, 0.1) is 12.8 Å². The monoisotopic (exact) mass is 451 g/mol. The van der Waals surface area contributed by atoms with Crippen molar-refractivity contribution in [2.75, 3.05) is 17.1 Å². The molecule has 0 bridgehead atoms. The lowest BCUT2D eigenvalue weighted by molar-refractivity contribution is 0.102. The van der Waals surface area contributed by atoms with E-state index in [1.165, 1.54) is 43.5 Å². The number of benzene rings is 2. The molecule has 2 aromatic carbocycles. The Balaban J connectivity index is 1.75. The molecule has 0 aliphatic carbocycles. The van der Waals surface area contributed by atoms with Crippen molar-refractivity contribution in [2.45, 2.75) is 4.90 Å². The molecule has 3 aromatic rings. The molecule has 0 spiro atoms. The summed E-state index contributed by atoms with van der Waals surface area (Å²) in [5.74, 6) is 0.160. The molecule has 0 aliphatic rings. The number of ether oxygens (including phenoxy) is 1. The number of pyridine rings is 1. The average molecular weight is 452 g/mol. The molecule has 0 radical (unpaired) electrons. The van der Waals surface area contributed by atoms with E-state index < -0.39 is 10.0 Å². The van der Waals surface area contributed by atoms with Gasteiger partial charge in [-0.2, -0.15) is 0 Å². The Morgan fingerprint density at radius 1 is 1.00 bits per heavy atom. The minimum Gasteiger partial charge on any atom is -0.495 e. The number of sulfonamides is 1. The van der Waals surface area contributed by atoms with Crippen molar-refractivity contribution < 1.29 is 17.9 Å². The number of hydrogen-bond acceptors (Lipinski definition) is 5. The number of amides is 1. The summed E-state index contributed by atoms with van der Waals surface area (Å²) < 4.78 is 32.6. The lowest BCUT2D eigenvalue weighted by Gasteiger charge is -2.11. The molecule has 2 N–H and O–H groups in total. The second-order valence-electron chi connectivity index (χ2n) is 5.76. The zero-order valence-electron chi connectivity index (χ0n) is 15.0. The van der Waals surface area contributed by atoms with Crippen molar-refractivity contribution >= 4 is 50.5 Å².